The lowest BCUT2D eigenvalue weighted by Gasteiger charge is -2.05. The fourth-order valence-corrected chi connectivity index (χ4v) is 1.87. The maximum Gasteiger partial charge on any atom is 0.271 e. The van der Waals surface area contributed by atoms with E-state index < -0.39 is 5.91 Å². The Labute approximate surface area is 110 Å². The summed E-state index contributed by atoms with van der Waals surface area (Å²) in [5.74, 6) is -0.0130. The van der Waals surface area contributed by atoms with Crippen LogP contribution in [0, 0.1) is 0 Å². The summed E-state index contributed by atoms with van der Waals surface area (Å²) in [6, 6.07) is 1.74. The molecule has 0 bridgehead atoms. The van der Waals surface area contributed by atoms with Gasteiger partial charge >= 0.3 is 0 Å². The first-order valence-electron chi connectivity index (χ1n) is 6.04. The van der Waals surface area contributed by atoms with Gasteiger partial charge in [0.05, 0.1) is 11.4 Å². The second-order valence-electron chi connectivity index (χ2n) is 4.15. The Bertz CT molecular complexity index is 577. The van der Waals surface area contributed by atoms with Crippen LogP contribution in [0.15, 0.2) is 18.5 Å². The maximum atomic E-state index is 11.3. The van der Waals surface area contributed by atoms with Gasteiger partial charge in [0.1, 0.15) is 12.4 Å². The van der Waals surface area contributed by atoms with Gasteiger partial charge in [-0.3, -0.25) is 9.48 Å². The summed E-state index contributed by atoms with van der Waals surface area (Å²) in [4.78, 5) is 19.5. The number of amides is 1. The summed E-state index contributed by atoms with van der Waals surface area (Å²) >= 11 is 0. The second kappa shape index (κ2) is 5.47. The highest BCUT2D eigenvalue weighted by molar-refractivity contribution is 5.96. The summed E-state index contributed by atoms with van der Waals surface area (Å²) < 4.78 is 1.65. The van der Waals surface area contributed by atoms with Crippen LogP contribution in [0.2, 0.25) is 0 Å². The lowest BCUT2D eigenvalue weighted by atomic mass is 10.2. The van der Waals surface area contributed by atoms with Gasteiger partial charge in [-0.05, 0) is 12.5 Å². The van der Waals surface area contributed by atoms with Gasteiger partial charge in [0.25, 0.3) is 5.91 Å². The molecule has 0 saturated carbocycles. The van der Waals surface area contributed by atoms with E-state index >= 15 is 0 Å². The molecule has 1 amide bonds. The molecule has 0 fully saturated rings. The van der Waals surface area contributed by atoms with E-state index in [1.54, 1.807) is 23.1 Å². The first-order chi connectivity index (χ1) is 9.13. The third kappa shape index (κ3) is 2.70. The zero-order chi connectivity index (χ0) is 13.8. The number of carbonyl (C=O) groups excluding carboxylic acids is 1. The molecule has 0 saturated heterocycles. The van der Waals surface area contributed by atoms with E-state index in [0.29, 0.717) is 18.1 Å². The van der Waals surface area contributed by atoms with Crippen molar-refractivity contribution in [1.82, 2.24) is 19.7 Å². The molecular weight excluding hydrogens is 244 g/mol. The minimum absolute atomic E-state index is 0.111. The van der Waals surface area contributed by atoms with Crippen molar-refractivity contribution in [2.45, 2.75) is 26.3 Å². The monoisotopic (exact) mass is 260 g/mol. The lowest BCUT2D eigenvalue weighted by molar-refractivity contribution is 0.0995. The van der Waals surface area contributed by atoms with Crippen LogP contribution in [0.1, 0.15) is 35.4 Å². The number of anilines is 1. The molecule has 4 N–H and O–H groups in total. The summed E-state index contributed by atoms with van der Waals surface area (Å²) in [6.45, 7) is 2.40. The van der Waals surface area contributed by atoms with E-state index in [0.717, 1.165) is 18.5 Å². The molecule has 19 heavy (non-hydrogen) atoms. The van der Waals surface area contributed by atoms with E-state index in [-0.39, 0.29) is 5.69 Å². The van der Waals surface area contributed by atoms with Crippen LogP contribution in [0.3, 0.4) is 0 Å². The standard InChI is InChI=1S/C12H16N6O/c1-2-4-8-10(13)11(12(14)19)17-18(8)7-9-15-5-3-6-16-9/h3,5-6H,2,4,7,13H2,1H3,(H2,14,19). The predicted octanol–water partition coefficient (Wildman–Crippen LogP) is 0.355. The van der Waals surface area contributed by atoms with Crippen LogP contribution in [-0.4, -0.2) is 25.7 Å². The van der Waals surface area contributed by atoms with Gasteiger partial charge in [0.2, 0.25) is 0 Å². The minimum atomic E-state index is -0.623. The highest BCUT2D eigenvalue weighted by Crippen LogP contribution is 2.19. The fourth-order valence-electron chi connectivity index (χ4n) is 1.87. The quantitative estimate of drug-likeness (QED) is 0.805. The van der Waals surface area contributed by atoms with Crippen LogP contribution < -0.4 is 11.5 Å². The number of rotatable bonds is 5. The molecule has 7 nitrogen and oxygen atoms in total. The van der Waals surface area contributed by atoms with Crippen molar-refractivity contribution >= 4 is 11.6 Å². The number of nitrogen functional groups attached to an aromatic ring is 1. The van der Waals surface area contributed by atoms with Crippen LogP contribution >= 0.6 is 0 Å². The van der Waals surface area contributed by atoms with Crippen molar-refractivity contribution in [2.24, 2.45) is 5.73 Å². The molecule has 0 aliphatic heterocycles. The first kappa shape index (κ1) is 13.0. The minimum Gasteiger partial charge on any atom is -0.395 e. The van der Waals surface area contributed by atoms with Crippen molar-refractivity contribution in [3.63, 3.8) is 0 Å². The van der Waals surface area contributed by atoms with Gasteiger partial charge in [-0.2, -0.15) is 5.10 Å². The molecule has 7 heteroatoms. The lowest BCUT2D eigenvalue weighted by Crippen LogP contribution is -2.14. The Morgan fingerprint density at radius 1 is 1.37 bits per heavy atom. The molecule has 0 atom stereocenters. The van der Waals surface area contributed by atoms with Gasteiger partial charge in [-0.15, -0.1) is 0 Å². The Morgan fingerprint density at radius 3 is 2.63 bits per heavy atom. The maximum absolute atomic E-state index is 11.3. The molecule has 0 aliphatic carbocycles. The third-order valence-corrected chi connectivity index (χ3v) is 2.73. The molecule has 0 radical (unpaired) electrons. The third-order valence-electron chi connectivity index (χ3n) is 2.73. The molecule has 0 aliphatic rings. The summed E-state index contributed by atoms with van der Waals surface area (Å²) in [7, 11) is 0. The van der Waals surface area contributed by atoms with Gasteiger partial charge in [0, 0.05) is 12.4 Å². The van der Waals surface area contributed by atoms with E-state index in [1.165, 1.54) is 0 Å². The second-order valence-corrected chi connectivity index (χ2v) is 4.15. The first-order valence-corrected chi connectivity index (χ1v) is 6.04. The van der Waals surface area contributed by atoms with E-state index in [2.05, 4.69) is 15.1 Å². The molecule has 2 heterocycles. The Morgan fingerprint density at radius 2 is 2.05 bits per heavy atom. The number of hydrogen-bond donors (Lipinski definition) is 2. The number of primary amides is 1. The van der Waals surface area contributed by atoms with Crippen LogP contribution in [0.5, 0.6) is 0 Å². The molecule has 100 valence electrons. The number of nitrogens with two attached hydrogens (primary N) is 2. The smallest absolute Gasteiger partial charge is 0.271 e. The van der Waals surface area contributed by atoms with Crippen LogP contribution in [0.25, 0.3) is 0 Å². The number of hydrogen-bond acceptors (Lipinski definition) is 5. The largest absolute Gasteiger partial charge is 0.395 e. The molecule has 2 aromatic rings. The van der Waals surface area contributed by atoms with Gasteiger partial charge in [-0.1, -0.05) is 13.3 Å². The van der Waals surface area contributed by atoms with Crippen molar-refractivity contribution in [2.75, 3.05) is 5.73 Å². The zero-order valence-corrected chi connectivity index (χ0v) is 10.7. The average Bonchev–Trinajstić information content (AvgIpc) is 2.69. The van der Waals surface area contributed by atoms with Crippen molar-refractivity contribution in [3.8, 4) is 0 Å². The van der Waals surface area contributed by atoms with Crippen LogP contribution in [-0.2, 0) is 13.0 Å². The molecule has 0 unspecified atom stereocenters. The highest BCUT2D eigenvalue weighted by atomic mass is 16.1. The van der Waals surface area contributed by atoms with Crippen molar-refractivity contribution in [1.29, 1.82) is 0 Å². The molecule has 2 rings (SSSR count). The summed E-state index contributed by atoms with van der Waals surface area (Å²) in [5.41, 5.74) is 12.4. The molecule has 0 aromatic carbocycles. The predicted molar refractivity (Wildman–Crippen MR) is 70.3 cm³/mol. The Hall–Kier alpha value is -2.44. The Kier molecular flexibility index (Phi) is 3.74. The zero-order valence-electron chi connectivity index (χ0n) is 10.7. The van der Waals surface area contributed by atoms with E-state index in [1.807, 2.05) is 6.92 Å². The van der Waals surface area contributed by atoms with E-state index in [4.69, 9.17) is 11.5 Å². The number of aromatic nitrogens is 4. The van der Waals surface area contributed by atoms with Gasteiger partial charge in [0.15, 0.2) is 5.69 Å². The summed E-state index contributed by atoms with van der Waals surface area (Å²) in [6.07, 6.45) is 4.93. The Balaban J connectivity index is 2.38. The average molecular weight is 260 g/mol. The van der Waals surface area contributed by atoms with Crippen molar-refractivity contribution in [3.05, 3.63) is 35.7 Å². The number of carbonyl (C=O) groups is 1. The van der Waals surface area contributed by atoms with Gasteiger partial charge < -0.3 is 11.5 Å². The molecule has 0 spiro atoms. The van der Waals surface area contributed by atoms with Crippen molar-refractivity contribution < 1.29 is 4.79 Å². The van der Waals surface area contributed by atoms with E-state index in [9.17, 15) is 4.79 Å². The topological polar surface area (TPSA) is 113 Å². The number of nitrogens with zero attached hydrogens (tertiary/aromatic N) is 4. The molecular formula is C12H16N6O. The normalized spacial score (nSPS) is 10.6. The SMILES string of the molecule is CCCc1c(N)c(C(N)=O)nn1Cc1ncccn1. The highest BCUT2D eigenvalue weighted by Gasteiger charge is 2.18. The van der Waals surface area contributed by atoms with Gasteiger partial charge in [-0.25, -0.2) is 9.97 Å². The van der Waals surface area contributed by atoms with Crippen LogP contribution in [0.4, 0.5) is 5.69 Å². The molecule has 2 aromatic heterocycles. The summed E-state index contributed by atoms with van der Waals surface area (Å²) in [5, 5.41) is 4.16. The fraction of sp³-hybridized carbons (Fsp3) is 0.333.